The van der Waals surface area contributed by atoms with Gasteiger partial charge in [0.25, 0.3) is 0 Å². The molecule has 0 unspecified atom stereocenters. The van der Waals surface area contributed by atoms with Gasteiger partial charge in [0.2, 0.25) is 5.91 Å². The fourth-order valence-corrected chi connectivity index (χ4v) is 1.71. The van der Waals surface area contributed by atoms with Gasteiger partial charge in [0.15, 0.2) is 0 Å². The highest BCUT2D eigenvalue weighted by Crippen LogP contribution is 2.20. The van der Waals surface area contributed by atoms with Crippen LogP contribution < -0.4 is 15.8 Å². The highest BCUT2D eigenvalue weighted by molar-refractivity contribution is 5.75. The van der Waals surface area contributed by atoms with Crippen molar-refractivity contribution in [1.82, 2.24) is 5.32 Å². The van der Waals surface area contributed by atoms with Crippen molar-refractivity contribution < 1.29 is 9.53 Å². The number of nitrogens with one attached hydrogen (secondary N) is 1. The summed E-state index contributed by atoms with van der Waals surface area (Å²) in [5.41, 5.74) is 7.48. The Kier molecular flexibility index (Phi) is 5.49. The minimum atomic E-state index is -0.325. The molecule has 0 radical (unpaired) electrons. The largest absolute Gasteiger partial charge is 0.496 e. The molecule has 1 amide bonds. The number of hydrogen-bond acceptors (Lipinski definition) is 3. The van der Waals surface area contributed by atoms with Gasteiger partial charge in [0.1, 0.15) is 5.75 Å². The van der Waals surface area contributed by atoms with Crippen LogP contribution in [0.4, 0.5) is 0 Å². The molecule has 1 aromatic carbocycles. The van der Waals surface area contributed by atoms with Crippen LogP contribution in [0.25, 0.3) is 0 Å². The van der Waals surface area contributed by atoms with Crippen LogP contribution >= 0.6 is 0 Å². The number of aryl methyl sites for hydroxylation is 1. The van der Waals surface area contributed by atoms with E-state index in [1.165, 1.54) is 11.1 Å². The lowest BCUT2D eigenvalue weighted by molar-refractivity contribution is -0.117. The van der Waals surface area contributed by atoms with Gasteiger partial charge in [0, 0.05) is 0 Å². The molecule has 0 bridgehead atoms. The third kappa shape index (κ3) is 4.44. The van der Waals surface area contributed by atoms with E-state index in [0.29, 0.717) is 0 Å². The van der Waals surface area contributed by atoms with E-state index in [0.717, 1.165) is 25.1 Å². The number of primary amides is 1. The van der Waals surface area contributed by atoms with Crippen LogP contribution in [0.15, 0.2) is 18.2 Å². The van der Waals surface area contributed by atoms with Gasteiger partial charge >= 0.3 is 0 Å². The molecule has 0 fully saturated rings. The number of amides is 1. The Morgan fingerprint density at radius 3 is 2.82 bits per heavy atom. The topological polar surface area (TPSA) is 64.3 Å². The van der Waals surface area contributed by atoms with Crippen molar-refractivity contribution in [3.05, 3.63) is 29.3 Å². The number of hydrogen-bond donors (Lipinski definition) is 2. The average molecular weight is 236 g/mol. The number of carbonyl (C=O) groups excluding carboxylic acids is 1. The standard InChI is InChI=1S/C13H20N2O2/c1-3-11-8-10(4-5-12(11)17-2)6-7-15-9-13(14)16/h4-5,8,15H,3,6-7,9H2,1-2H3,(H2,14,16). The Hall–Kier alpha value is -1.55. The van der Waals surface area contributed by atoms with Crippen molar-refractivity contribution >= 4 is 5.91 Å². The second-order valence-corrected chi connectivity index (χ2v) is 3.89. The molecule has 0 heterocycles. The SMILES string of the molecule is CCc1cc(CCNCC(N)=O)ccc1OC. The smallest absolute Gasteiger partial charge is 0.231 e. The minimum absolute atomic E-state index is 0.233. The first-order valence-corrected chi connectivity index (χ1v) is 5.82. The van der Waals surface area contributed by atoms with E-state index in [1.54, 1.807) is 7.11 Å². The quantitative estimate of drug-likeness (QED) is 0.691. The number of rotatable bonds is 7. The summed E-state index contributed by atoms with van der Waals surface area (Å²) >= 11 is 0. The summed E-state index contributed by atoms with van der Waals surface area (Å²) < 4.78 is 5.27. The third-order valence-electron chi connectivity index (χ3n) is 2.62. The molecule has 3 N–H and O–H groups in total. The summed E-state index contributed by atoms with van der Waals surface area (Å²) in [4.78, 5) is 10.5. The zero-order valence-electron chi connectivity index (χ0n) is 10.5. The number of benzene rings is 1. The van der Waals surface area contributed by atoms with E-state index < -0.39 is 0 Å². The first kappa shape index (κ1) is 13.5. The molecular formula is C13H20N2O2. The van der Waals surface area contributed by atoms with E-state index in [4.69, 9.17) is 10.5 Å². The zero-order valence-corrected chi connectivity index (χ0v) is 10.5. The summed E-state index contributed by atoms with van der Waals surface area (Å²) in [6.45, 7) is 3.09. The zero-order chi connectivity index (χ0) is 12.7. The molecule has 1 rings (SSSR count). The van der Waals surface area contributed by atoms with Crippen LogP contribution in [0.3, 0.4) is 0 Å². The molecule has 0 saturated carbocycles. The number of methoxy groups -OCH3 is 1. The average Bonchev–Trinajstić information content (AvgIpc) is 2.34. The van der Waals surface area contributed by atoms with Crippen molar-refractivity contribution in [3.8, 4) is 5.75 Å². The van der Waals surface area contributed by atoms with Crippen molar-refractivity contribution in [3.63, 3.8) is 0 Å². The maximum atomic E-state index is 10.5. The molecule has 0 atom stereocenters. The van der Waals surface area contributed by atoms with Gasteiger partial charge in [-0.25, -0.2) is 0 Å². The van der Waals surface area contributed by atoms with E-state index >= 15 is 0 Å². The van der Waals surface area contributed by atoms with Gasteiger partial charge in [-0.2, -0.15) is 0 Å². The van der Waals surface area contributed by atoms with E-state index in [2.05, 4.69) is 18.3 Å². The van der Waals surface area contributed by atoms with Crippen LogP contribution in [0.1, 0.15) is 18.1 Å². The first-order valence-electron chi connectivity index (χ1n) is 5.82. The Morgan fingerprint density at radius 2 is 2.24 bits per heavy atom. The number of carbonyl (C=O) groups is 1. The molecule has 94 valence electrons. The lowest BCUT2D eigenvalue weighted by Gasteiger charge is -2.09. The van der Waals surface area contributed by atoms with Crippen LogP contribution in [0, 0.1) is 0 Å². The lowest BCUT2D eigenvalue weighted by atomic mass is 10.1. The van der Waals surface area contributed by atoms with E-state index in [9.17, 15) is 4.79 Å². The normalized spacial score (nSPS) is 10.2. The fourth-order valence-electron chi connectivity index (χ4n) is 1.71. The molecule has 0 aromatic heterocycles. The highest BCUT2D eigenvalue weighted by Gasteiger charge is 2.02. The van der Waals surface area contributed by atoms with Gasteiger partial charge in [0.05, 0.1) is 13.7 Å². The van der Waals surface area contributed by atoms with Gasteiger partial charge in [-0.15, -0.1) is 0 Å². The summed E-state index contributed by atoms with van der Waals surface area (Å²) in [6.07, 6.45) is 1.83. The summed E-state index contributed by atoms with van der Waals surface area (Å²) in [5.74, 6) is 0.607. The summed E-state index contributed by atoms with van der Waals surface area (Å²) in [5, 5.41) is 2.99. The van der Waals surface area contributed by atoms with E-state index in [-0.39, 0.29) is 12.5 Å². The summed E-state index contributed by atoms with van der Waals surface area (Å²) in [6, 6.07) is 6.18. The second-order valence-electron chi connectivity index (χ2n) is 3.89. The van der Waals surface area contributed by atoms with Crippen LogP contribution in [0.5, 0.6) is 5.75 Å². The van der Waals surface area contributed by atoms with Crippen LogP contribution in [-0.4, -0.2) is 26.1 Å². The predicted octanol–water partition coefficient (Wildman–Crippen LogP) is 0.875. The van der Waals surface area contributed by atoms with Crippen molar-refractivity contribution in [2.45, 2.75) is 19.8 Å². The molecule has 0 spiro atoms. The van der Waals surface area contributed by atoms with E-state index in [1.807, 2.05) is 12.1 Å². The number of ether oxygens (including phenoxy) is 1. The Bertz CT molecular complexity index is 378. The van der Waals surface area contributed by atoms with Gasteiger partial charge in [-0.3, -0.25) is 4.79 Å². The molecule has 0 aliphatic rings. The Balaban J connectivity index is 2.51. The monoisotopic (exact) mass is 236 g/mol. The van der Waals surface area contributed by atoms with Gasteiger partial charge < -0.3 is 15.8 Å². The van der Waals surface area contributed by atoms with Crippen molar-refractivity contribution in [1.29, 1.82) is 0 Å². The van der Waals surface area contributed by atoms with Crippen molar-refractivity contribution in [2.75, 3.05) is 20.2 Å². The third-order valence-corrected chi connectivity index (χ3v) is 2.62. The summed E-state index contributed by atoms with van der Waals surface area (Å²) in [7, 11) is 1.68. The molecule has 4 heteroatoms. The molecule has 4 nitrogen and oxygen atoms in total. The minimum Gasteiger partial charge on any atom is -0.496 e. The fraction of sp³-hybridized carbons (Fsp3) is 0.462. The highest BCUT2D eigenvalue weighted by atomic mass is 16.5. The molecule has 0 aliphatic carbocycles. The van der Waals surface area contributed by atoms with Gasteiger partial charge in [-0.1, -0.05) is 19.1 Å². The Morgan fingerprint density at radius 1 is 1.47 bits per heavy atom. The number of nitrogens with two attached hydrogens (primary N) is 1. The maximum absolute atomic E-state index is 10.5. The van der Waals surface area contributed by atoms with Crippen LogP contribution in [-0.2, 0) is 17.6 Å². The maximum Gasteiger partial charge on any atom is 0.231 e. The molecule has 0 saturated heterocycles. The molecular weight excluding hydrogens is 216 g/mol. The molecule has 0 aliphatic heterocycles. The predicted molar refractivity (Wildman–Crippen MR) is 68.1 cm³/mol. The molecule has 1 aromatic rings. The molecule has 17 heavy (non-hydrogen) atoms. The van der Waals surface area contributed by atoms with Gasteiger partial charge in [-0.05, 0) is 36.6 Å². The second kappa shape index (κ2) is 6.91. The lowest BCUT2D eigenvalue weighted by Crippen LogP contribution is -2.29. The Labute approximate surface area is 102 Å². The first-order chi connectivity index (χ1) is 8.17. The van der Waals surface area contributed by atoms with Crippen molar-refractivity contribution in [2.24, 2.45) is 5.73 Å². The van der Waals surface area contributed by atoms with Crippen LogP contribution in [0.2, 0.25) is 0 Å².